The van der Waals surface area contributed by atoms with Crippen molar-refractivity contribution in [3.8, 4) is 0 Å². The van der Waals surface area contributed by atoms with Gasteiger partial charge in [0.25, 0.3) is 0 Å². The van der Waals surface area contributed by atoms with Crippen LogP contribution < -0.4 is 16.0 Å². The molecule has 0 radical (unpaired) electrons. The lowest BCUT2D eigenvalue weighted by Gasteiger charge is -2.27. The molecule has 0 aliphatic carbocycles. The van der Waals surface area contributed by atoms with Crippen LogP contribution in [0, 0.1) is 0 Å². The number of aliphatic carboxylic acids is 1. The number of carbonyl (C=O) groups excluding carboxylic acids is 4. The first-order valence-corrected chi connectivity index (χ1v) is 13.6. The van der Waals surface area contributed by atoms with Crippen LogP contribution in [0.4, 0.5) is 0 Å². The maximum absolute atomic E-state index is 13.9. The van der Waals surface area contributed by atoms with Crippen molar-refractivity contribution >= 4 is 51.5 Å². The van der Waals surface area contributed by atoms with Gasteiger partial charge in [0.1, 0.15) is 18.1 Å². The molecule has 0 saturated heterocycles. The molecule has 6 N–H and O–H groups in total. The molecule has 4 atom stereocenters. The van der Waals surface area contributed by atoms with Crippen LogP contribution >= 0.6 is 0 Å². The molecule has 12 nitrogen and oxygen atoms in total. The smallest absolute Gasteiger partial charge is 0.328 e. The molecule has 0 aliphatic rings. The number of ether oxygens (including phenoxy) is 1. The number of aromatic amines is 2. The van der Waals surface area contributed by atoms with E-state index in [0.29, 0.717) is 6.08 Å². The number of methoxy groups -OCH3 is 1. The summed E-state index contributed by atoms with van der Waals surface area (Å²) in [6, 6.07) is 11.7. The number of hydrogen-bond donors (Lipinski definition) is 6. The number of benzene rings is 2. The van der Waals surface area contributed by atoms with Crippen LogP contribution in [-0.2, 0) is 35.1 Å². The molecular formula is C31H33N5O7. The number of para-hydroxylation sites is 2. The Labute approximate surface area is 246 Å². The van der Waals surface area contributed by atoms with E-state index in [1.165, 1.54) is 14.0 Å². The summed E-state index contributed by atoms with van der Waals surface area (Å²) in [6.07, 6.45) is 5.09. The van der Waals surface area contributed by atoms with E-state index in [0.717, 1.165) is 39.0 Å². The maximum atomic E-state index is 13.9. The van der Waals surface area contributed by atoms with Gasteiger partial charge in [-0.3, -0.25) is 14.4 Å². The zero-order valence-electron chi connectivity index (χ0n) is 23.8. The topological polar surface area (TPSA) is 182 Å². The van der Waals surface area contributed by atoms with Crippen LogP contribution in [0.15, 0.2) is 73.1 Å². The lowest BCUT2D eigenvalue weighted by molar-refractivity contribution is -0.145. The van der Waals surface area contributed by atoms with E-state index in [1.807, 2.05) is 48.5 Å². The van der Waals surface area contributed by atoms with Gasteiger partial charge in [0, 0.05) is 58.7 Å². The summed E-state index contributed by atoms with van der Waals surface area (Å²) in [7, 11) is 1.23. The average Bonchev–Trinajstić information content (AvgIpc) is 3.62. The normalized spacial score (nSPS) is 14.1. The highest BCUT2D eigenvalue weighted by molar-refractivity contribution is 5.98. The van der Waals surface area contributed by atoms with E-state index in [4.69, 9.17) is 9.84 Å². The standard InChI is InChI=1S/C31H33N5O7/c1-17(22-16-33-24-11-7-5-9-21(22)24)28(36-29(40)18(2)34-26(37)12-13-27(38)39)30(41)35-25(31(42)43-3)14-19-15-32-23-10-6-4-8-20(19)23/h4-13,15-18,25,28,32-33H,14H2,1-3H3,(H,34,37)(H,35,41)(H,36,40)(H,38,39)/b13-12+. The third-order valence-electron chi connectivity index (χ3n) is 7.22. The Morgan fingerprint density at radius 2 is 1.47 bits per heavy atom. The zero-order chi connectivity index (χ0) is 31.1. The van der Waals surface area contributed by atoms with Crippen molar-refractivity contribution in [2.24, 2.45) is 0 Å². The van der Waals surface area contributed by atoms with E-state index in [9.17, 15) is 24.0 Å². The fourth-order valence-electron chi connectivity index (χ4n) is 4.94. The molecule has 4 aromatic rings. The lowest BCUT2D eigenvalue weighted by atomic mass is 9.91. The Morgan fingerprint density at radius 3 is 2.14 bits per heavy atom. The number of H-pyrrole nitrogens is 2. The van der Waals surface area contributed by atoms with Gasteiger partial charge in [-0.2, -0.15) is 0 Å². The second-order valence-electron chi connectivity index (χ2n) is 10.1. The van der Waals surface area contributed by atoms with E-state index in [-0.39, 0.29) is 6.42 Å². The highest BCUT2D eigenvalue weighted by atomic mass is 16.5. The Kier molecular flexibility index (Phi) is 9.61. The molecule has 0 saturated carbocycles. The minimum absolute atomic E-state index is 0.132. The average molecular weight is 588 g/mol. The summed E-state index contributed by atoms with van der Waals surface area (Å²) < 4.78 is 5.00. The van der Waals surface area contributed by atoms with Crippen molar-refractivity contribution in [2.75, 3.05) is 7.11 Å². The molecule has 0 spiro atoms. The molecule has 4 rings (SSSR count). The predicted octanol–water partition coefficient (Wildman–Crippen LogP) is 2.28. The molecule has 4 unspecified atom stereocenters. The fourth-order valence-corrected chi connectivity index (χ4v) is 4.94. The molecular weight excluding hydrogens is 554 g/mol. The van der Waals surface area contributed by atoms with Crippen LogP contribution in [0.3, 0.4) is 0 Å². The van der Waals surface area contributed by atoms with Gasteiger partial charge in [0.2, 0.25) is 17.7 Å². The molecule has 0 bridgehead atoms. The largest absolute Gasteiger partial charge is 0.478 e. The SMILES string of the molecule is COC(=O)C(Cc1c[nH]c2ccccc12)NC(=O)C(NC(=O)C(C)NC(=O)/C=C/C(=O)O)C(C)c1c[nH]c2ccccc12. The summed E-state index contributed by atoms with van der Waals surface area (Å²) in [5.41, 5.74) is 3.26. The first-order valence-electron chi connectivity index (χ1n) is 13.6. The summed E-state index contributed by atoms with van der Waals surface area (Å²) in [5, 5.41) is 18.3. The van der Waals surface area contributed by atoms with Gasteiger partial charge < -0.3 is 35.8 Å². The van der Waals surface area contributed by atoms with Crippen LogP contribution in [0.25, 0.3) is 21.8 Å². The number of esters is 1. The van der Waals surface area contributed by atoms with Crippen LogP contribution in [-0.4, -0.2) is 70.0 Å². The molecule has 43 heavy (non-hydrogen) atoms. The second kappa shape index (κ2) is 13.5. The third-order valence-corrected chi connectivity index (χ3v) is 7.22. The number of carbonyl (C=O) groups is 5. The molecule has 0 fully saturated rings. The van der Waals surface area contributed by atoms with E-state index in [2.05, 4.69) is 25.9 Å². The van der Waals surface area contributed by atoms with Gasteiger partial charge in [-0.05, 0) is 30.2 Å². The minimum atomic E-state index is -1.32. The van der Waals surface area contributed by atoms with Gasteiger partial charge in [0.05, 0.1) is 7.11 Å². The lowest BCUT2D eigenvalue weighted by Crippen LogP contribution is -2.57. The number of hydrogen-bond acceptors (Lipinski definition) is 6. The summed E-state index contributed by atoms with van der Waals surface area (Å²) in [5.74, 6) is -4.67. The summed E-state index contributed by atoms with van der Waals surface area (Å²) in [6.45, 7) is 3.17. The first-order chi connectivity index (χ1) is 20.6. The van der Waals surface area contributed by atoms with Gasteiger partial charge >= 0.3 is 11.9 Å². The van der Waals surface area contributed by atoms with Crippen molar-refractivity contribution in [3.63, 3.8) is 0 Å². The van der Waals surface area contributed by atoms with Crippen molar-refractivity contribution in [2.45, 2.75) is 44.3 Å². The number of carboxylic acids is 1. The predicted molar refractivity (Wildman–Crippen MR) is 159 cm³/mol. The van der Waals surface area contributed by atoms with E-state index in [1.54, 1.807) is 19.3 Å². The van der Waals surface area contributed by atoms with Gasteiger partial charge in [-0.1, -0.05) is 43.3 Å². The van der Waals surface area contributed by atoms with Gasteiger partial charge in [-0.15, -0.1) is 0 Å². The van der Waals surface area contributed by atoms with Crippen molar-refractivity contribution in [1.29, 1.82) is 0 Å². The second-order valence-corrected chi connectivity index (χ2v) is 10.1. The minimum Gasteiger partial charge on any atom is -0.478 e. The Balaban J connectivity index is 1.60. The van der Waals surface area contributed by atoms with Crippen molar-refractivity contribution < 1.29 is 33.8 Å². The fraction of sp³-hybridized carbons (Fsp3) is 0.258. The molecule has 2 heterocycles. The molecule has 3 amide bonds. The van der Waals surface area contributed by atoms with Crippen molar-refractivity contribution in [1.82, 2.24) is 25.9 Å². The zero-order valence-corrected chi connectivity index (χ0v) is 23.8. The Bertz CT molecular complexity index is 1690. The first kappa shape index (κ1) is 30.6. The number of nitrogens with one attached hydrogen (secondary N) is 5. The highest BCUT2D eigenvalue weighted by Gasteiger charge is 2.34. The number of rotatable bonds is 12. The number of aromatic nitrogens is 2. The molecule has 224 valence electrons. The van der Waals surface area contributed by atoms with E-state index < -0.39 is 53.7 Å². The van der Waals surface area contributed by atoms with Gasteiger partial charge in [-0.25, -0.2) is 9.59 Å². The van der Waals surface area contributed by atoms with Crippen molar-refractivity contribution in [3.05, 3.63) is 84.2 Å². The monoisotopic (exact) mass is 587 g/mol. The summed E-state index contributed by atoms with van der Waals surface area (Å²) in [4.78, 5) is 69.0. The third kappa shape index (κ3) is 7.28. The molecule has 2 aromatic heterocycles. The van der Waals surface area contributed by atoms with Crippen LogP contribution in [0.2, 0.25) is 0 Å². The van der Waals surface area contributed by atoms with Crippen LogP contribution in [0.1, 0.15) is 30.9 Å². The summed E-state index contributed by atoms with van der Waals surface area (Å²) >= 11 is 0. The number of amides is 3. The highest BCUT2D eigenvalue weighted by Crippen LogP contribution is 2.28. The molecule has 12 heteroatoms. The number of carboxylic acid groups (broad SMARTS) is 1. The maximum Gasteiger partial charge on any atom is 0.328 e. The Hall–Kier alpha value is -5.39. The number of fused-ring (bicyclic) bond motifs is 2. The Morgan fingerprint density at radius 1 is 0.837 bits per heavy atom. The van der Waals surface area contributed by atoms with Gasteiger partial charge in [0.15, 0.2) is 0 Å². The molecule has 0 aliphatic heterocycles. The quantitative estimate of drug-likeness (QED) is 0.109. The molecule has 2 aromatic carbocycles. The van der Waals surface area contributed by atoms with Crippen LogP contribution in [0.5, 0.6) is 0 Å². The van der Waals surface area contributed by atoms with E-state index >= 15 is 0 Å².